The Morgan fingerprint density at radius 1 is 0.167 bits per heavy atom. The highest BCUT2D eigenvalue weighted by Crippen LogP contribution is 2.56. The number of benzene rings is 16. The quantitative estimate of drug-likeness (QED) is 0.108. The van der Waals surface area contributed by atoms with Gasteiger partial charge in [0.1, 0.15) is 17.1 Å². The van der Waals surface area contributed by atoms with Crippen LogP contribution in [0.2, 0.25) is 0 Å². The molecule has 22 aromatic rings. The van der Waals surface area contributed by atoms with E-state index in [-0.39, 0.29) is 16.2 Å². The molecule has 682 valence electrons. The van der Waals surface area contributed by atoms with Gasteiger partial charge in [-0.05, 0) is 185 Å². The van der Waals surface area contributed by atoms with Crippen LogP contribution in [-0.2, 0) is 35.5 Å². The second-order valence-corrected chi connectivity index (χ2v) is 39.5. The maximum Gasteiger partial charge on any atom is 0.182 e. The largest absolute Gasteiger partial charge is 0.253 e. The van der Waals surface area contributed by atoms with Crippen LogP contribution >= 0.6 is 0 Å². The number of aromatic nitrogens is 12. The molecule has 6 aromatic heterocycles. The van der Waals surface area contributed by atoms with E-state index in [0.29, 0.717) is 52.4 Å². The van der Waals surface area contributed by atoms with Crippen LogP contribution in [-0.4, -0.2) is 59.8 Å². The van der Waals surface area contributed by atoms with Crippen LogP contribution in [0.3, 0.4) is 0 Å². The monoisotopic (exact) mass is 1850 g/mol. The molecule has 0 radical (unpaired) electrons. The summed E-state index contributed by atoms with van der Waals surface area (Å²) in [5, 5.41) is 0. The first-order chi connectivity index (χ1) is 70.7. The average Bonchev–Trinajstić information content (AvgIpc) is 1.56. The molecule has 6 heterocycles. The third kappa shape index (κ3) is 14.7. The molecule has 0 bridgehead atoms. The summed E-state index contributed by atoms with van der Waals surface area (Å²) in [4.78, 5) is 61.3. The van der Waals surface area contributed by atoms with E-state index < -0.39 is 0 Å². The van der Waals surface area contributed by atoms with E-state index in [1.807, 2.05) is 61.1 Å². The summed E-state index contributed by atoms with van der Waals surface area (Å²) in [5.41, 5.74) is 47.6. The summed E-state index contributed by atoms with van der Waals surface area (Å²) in [7, 11) is 0. The second kappa shape index (κ2) is 34.8. The number of fused-ring (bicyclic) bond motifs is 18. The summed E-state index contributed by atoms with van der Waals surface area (Å²) in [6.07, 6.45) is 8.31. The Morgan fingerprint density at radius 3 is 0.785 bits per heavy atom. The van der Waals surface area contributed by atoms with Crippen molar-refractivity contribution in [1.29, 1.82) is 0 Å². The van der Waals surface area contributed by atoms with E-state index in [9.17, 15) is 0 Å². The topological polar surface area (TPSA) is 155 Å². The third-order valence-corrected chi connectivity index (χ3v) is 30.3. The molecule has 16 aromatic carbocycles. The lowest BCUT2D eigenvalue weighted by Gasteiger charge is -2.23. The molecule has 144 heavy (non-hydrogen) atoms. The van der Waals surface area contributed by atoms with Gasteiger partial charge in [-0.25, -0.2) is 44.9 Å². The first kappa shape index (κ1) is 86.3. The van der Waals surface area contributed by atoms with Crippen molar-refractivity contribution in [2.45, 2.75) is 77.0 Å². The molecule has 0 unspecified atom stereocenters. The molecule has 0 atom stereocenters. The summed E-state index contributed by atoms with van der Waals surface area (Å²) >= 11 is 0. The minimum atomic E-state index is -0.251. The predicted octanol–water partition coefficient (Wildman–Crippen LogP) is 31.1. The second-order valence-electron chi connectivity index (χ2n) is 39.5. The van der Waals surface area contributed by atoms with Crippen LogP contribution < -0.4 is 0 Å². The average molecular weight is 1850 g/mol. The van der Waals surface area contributed by atoms with Crippen molar-refractivity contribution < 1.29 is 0 Å². The molecular weight excluding hydrogens is 1750 g/mol. The standard InChI is InChI=1S/C48H34N4.2C42H30N4/c1-48(2)42-22-10-9-17-37(42)41-29-49-44(28-43(41)48)47-51-45(33-25-23-31(24-26-33)30-13-5-3-6-14-30)50-46(52-47)38-21-12-20-36-35-19-11-18-34(39(35)27-40(36)38)32-15-7-4-8-16-32;1-42(2)36-22-10-9-17-31(36)35-25-43-38(24-37(35)42)41-45-39(27-15-7-4-8-16-27)44-40(46-41)32-21-12-20-30-29-19-11-18-28(33(29)23-34(30)32)26-13-5-3-6-14-26;1-42(2)36-22-10-9-17-31(36)32-23-24-43-38(37(32)42)41-45-39(27-15-7-4-8-16-27)44-40(46-41)33-21-12-20-30-29-19-11-18-28(34(29)25-35(30)33)26-13-5-3-6-14-26/h3-26,28-29H,27H2,1-2H3;3-22,24-25H,23H2,1-2H3;3-24H,25H2,1-2H3. The van der Waals surface area contributed by atoms with Gasteiger partial charge in [0.05, 0.1) is 0 Å². The van der Waals surface area contributed by atoms with Gasteiger partial charge in [0.25, 0.3) is 0 Å². The smallest absolute Gasteiger partial charge is 0.182 e. The molecule has 0 spiro atoms. The first-order valence-electron chi connectivity index (χ1n) is 49.4. The molecule has 6 aliphatic carbocycles. The molecule has 0 amide bonds. The SMILES string of the molecule is CC1(C)c2ccccc2-c2ccnc(-c3nc(-c4ccccc4)nc(-c4cccc5c4Cc4c(-c6ccccc6)cccc4-5)n3)c21.CC1(C)c2ccccc2-c2cnc(-c3nc(-c4ccc(-c5ccccc5)cc4)nc(-c4cccc5c4Cc4c(-c6ccccc6)cccc4-5)n3)cc21.CC1(C)c2ccccc2-c2cnc(-c3nc(-c4ccccc4)nc(-c4cccc5c4Cc4c(-c6ccccc6)cccc4-5)n3)cc21. The highest BCUT2D eigenvalue weighted by Gasteiger charge is 2.42. The molecular formula is C132H94N12. The normalized spacial score (nSPS) is 13.4. The predicted molar refractivity (Wildman–Crippen MR) is 581 cm³/mol. The van der Waals surface area contributed by atoms with Gasteiger partial charge < -0.3 is 0 Å². The number of nitrogens with zero attached hydrogens (tertiary/aromatic N) is 12. The number of rotatable bonds is 13. The molecule has 0 fully saturated rings. The first-order valence-corrected chi connectivity index (χ1v) is 49.4. The summed E-state index contributed by atoms with van der Waals surface area (Å²) < 4.78 is 0. The van der Waals surface area contributed by atoms with Gasteiger partial charge in [-0.2, -0.15) is 0 Å². The van der Waals surface area contributed by atoms with Gasteiger partial charge in [-0.1, -0.05) is 430 Å². The van der Waals surface area contributed by atoms with E-state index >= 15 is 0 Å². The Hall–Kier alpha value is -18.0. The van der Waals surface area contributed by atoms with Crippen LogP contribution in [0.1, 0.15) is 108 Å². The van der Waals surface area contributed by atoms with Crippen molar-refractivity contribution in [2.75, 3.05) is 0 Å². The Bertz CT molecular complexity index is 8910. The number of hydrogen-bond donors (Lipinski definition) is 0. The van der Waals surface area contributed by atoms with Gasteiger partial charge >= 0.3 is 0 Å². The number of hydrogen-bond acceptors (Lipinski definition) is 12. The minimum absolute atomic E-state index is 0.149. The zero-order valence-corrected chi connectivity index (χ0v) is 80.4. The van der Waals surface area contributed by atoms with Gasteiger partial charge in [-0.15, -0.1) is 0 Å². The molecule has 12 nitrogen and oxygen atoms in total. The molecule has 0 N–H and O–H groups in total. The van der Waals surface area contributed by atoms with E-state index in [2.05, 4.69) is 406 Å². The molecule has 0 saturated carbocycles. The zero-order chi connectivity index (χ0) is 96.5. The van der Waals surface area contributed by atoms with E-state index in [1.165, 1.54) is 167 Å². The fraction of sp³-hybridized carbons (Fsp3) is 0.0909. The molecule has 0 saturated heterocycles. The number of pyridine rings is 3. The third-order valence-electron chi connectivity index (χ3n) is 30.3. The van der Waals surface area contributed by atoms with E-state index in [4.69, 9.17) is 59.8 Å². The Kier molecular flexibility index (Phi) is 20.9. The van der Waals surface area contributed by atoms with Crippen molar-refractivity contribution in [1.82, 2.24) is 59.8 Å². The van der Waals surface area contributed by atoms with Gasteiger partial charge in [-0.3, -0.25) is 15.0 Å². The molecule has 6 aliphatic rings. The Balaban J connectivity index is 0.000000110. The van der Waals surface area contributed by atoms with Crippen LogP contribution in [0.15, 0.2) is 425 Å². The maximum absolute atomic E-state index is 5.24. The van der Waals surface area contributed by atoms with Crippen LogP contribution in [0, 0.1) is 0 Å². The highest BCUT2D eigenvalue weighted by atomic mass is 15.1. The zero-order valence-electron chi connectivity index (χ0n) is 80.4. The fourth-order valence-electron chi connectivity index (χ4n) is 23.2. The molecule has 0 aliphatic heterocycles. The highest BCUT2D eigenvalue weighted by molar-refractivity contribution is 5.95. The van der Waals surface area contributed by atoms with Crippen molar-refractivity contribution in [3.8, 4) is 214 Å². The maximum atomic E-state index is 5.24. The van der Waals surface area contributed by atoms with Crippen molar-refractivity contribution >= 4 is 0 Å². The van der Waals surface area contributed by atoms with Crippen molar-refractivity contribution in [3.05, 3.63) is 492 Å². The minimum Gasteiger partial charge on any atom is -0.253 e. The lowest BCUT2D eigenvalue weighted by molar-refractivity contribution is 0.658. The van der Waals surface area contributed by atoms with Crippen molar-refractivity contribution in [3.63, 3.8) is 0 Å². The van der Waals surface area contributed by atoms with Gasteiger partial charge in [0.2, 0.25) is 0 Å². The summed E-state index contributed by atoms with van der Waals surface area (Å²) in [5.74, 6) is 5.65. The fourth-order valence-corrected chi connectivity index (χ4v) is 23.2. The lowest BCUT2D eigenvalue weighted by atomic mass is 9.81. The van der Waals surface area contributed by atoms with E-state index in [1.54, 1.807) is 0 Å². The molecule has 12 heteroatoms. The van der Waals surface area contributed by atoms with Gasteiger partial charge in [0.15, 0.2) is 52.4 Å². The van der Waals surface area contributed by atoms with E-state index in [0.717, 1.165) is 80.9 Å². The van der Waals surface area contributed by atoms with Crippen molar-refractivity contribution in [2.24, 2.45) is 0 Å². The van der Waals surface area contributed by atoms with Crippen LogP contribution in [0.25, 0.3) is 214 Å². The van der Waals surface area contributed by atoms with Crippen LogP contribution in [0.4, 0.5) is 0 Å². The van der Waals surface area contributed by atoms with Crippen LogP contribution in [0.5, 0.6) is 0 Å². The lowest BCUT2D eigenvalue weighted by Crippen LogP contribution is -2.17. The van der Waals surface area contributed by atoms with Gasteiger partial charge in [0, 0.05) is 98.6 Å². The Morgan fingerprint density at radius 2 is 0.417 bits per heavy atom. The molecule has 28 rings (SSSR count). The summed E-state index contributed by atoms with van der Waals surface area (Å²) in [6, 6.07) is 143. The Labute approximate surface area is 837 Å². The summed E-state index contributed by atoms with van der Waals surface area (Å²) in [6.45, 7) is 13.7.